The molecule has 112 valence electrons. The average molecular weight is 340 g/mol. The molecule has 7 heteroatoms. The Kier molecular flexibility index (Phi) is 6.55. The van der Waals surface area contributed by atoms with Crippen LogP contribution in [0.15, 0.2) is 18.2 Å². The van der Waals surface area contributed by atoms with Crippen LogP contribution >= 0.6 is 35.6 Å². The van der Waals surface area contributed by atoms with Gasteiger partial charge in [0.15, 0.2) is 0 Å². The van der Waals surface area contributed by atoms with E-state index in [1.807, 2.05) is 0 Å². The molecular formula is C13H17Cl3N2O2. The van der Waals surface area contributed by atoms with Crippen molar-refractivity contribution in [2.75, 3.05) is 0 Å². The van der Waals surface area contributed by atoms with Gasteiger partial charge in [-0.25, -0.2) is 0 Å². The van der Waals surface area contributed by atoms with Crippen molar-refractivity contribution in [3.63, 3.8) is 0 Å². The Morgan fingerprint density at radius 2 is 2.10 bits per heavy atom. The lowest BCUT2D eigenvalue weighted by Gasteiger charge is -2.11. The highest BCUT2D eigenvalue weighted by Gasteiger charge is 2.34. The second-order valence-electron chi connectivity index (χ2n) is 4.85. The third-order valence-electron chi connectivity index (χ3n) is 3.42. The molecule has 0 saturated heterocycles. The zero-order chi connectivity index (χ0) is 14.0. The van der Waals surface area contributed by atoms with Crippen LogP contribution in [0.25, 0.3) is 0 Å². The van der Waals surface area contributed by atoms with Crippen molar-refractivity contribution in [3.05, 3.63) is 33.8 Å². The molecule has 0 aliphatic heterocycles. The summed E-state index contributed by atoms with van der Waals surface area (Å²) < 4.78 is 0. The molecule has 2 rings (SSSR count). The van der Waals surface area contributed by atoms with Crippen molar-refractivity contribution in [2.45, 2.75) is 31.5 Å². The molecular weight excluding hydrogens is 323 g/mol. The van der Waals surface area contributed by atoms with Crippen molar-refractivity contribution in [2.24, 2.45) is 11.7 Å². The Bertz CT molecular complexity index is 475. The van der Waals surface area contributed by atoms with Gasteiger partial charge in [0.2, 0.25) is 5.91 Å². The topological polar surface area (TPSA) is 75.4 Å². The first kappa shape index (κ1) is 17.5. The molecule has 1 saturated carbocycles. The number of carbonyl (C=O) groups is 1. The second-order valence-corrected chi connectivity index (χ2v) is 5.70. The molecule has 0 unspecified atom stereocenters. The van der Waals surface area contributed by atoms with Crippen LogP contribution in [0, 0.1) is 5.92 Å². The highest BCUT2D eigenvalue weighted by molar-refractivity contribution is 6.35. The van der Waals surface area contributed by atoms with Gasteiger partial charge < -0.3 is 16.2 Å². The molecule has 1 fully saturated rings. The summed E-state index contributed by atoms with van der Waals surface area (Å²) in [5, 5.41) is 13.4. The Balaban J connectivity index is 0.00000200. The van der Waals surface area contributed by atoms with E-state index in [1.54, 1.807) is 18.2 Å². The molecule has 3 atom stereocenters. The highest BCUT2D eigenvalue weighted by Crippen LogP contribution is 2.25. The van der Waals surface area contributed by atoms with Crippen LogP contribution in [0.4, 0.5) is 0 Å². The number of carbonyl (C=O) groups excluding carboxylic acids is 1. The smallest absolute Gasteiger partial charge is 0.223 e. The lowest BCUT2D eigenvalue weighted by Crippen LogP contribution is -2.30. The highest BCUT2D eigenvalue weighted by atomic mass is 35.5. The van der Waals surface area contributed by atoms with Gasteiger partial charge in [-0.1, -0.05) is 29.3 Å². The number of rotatable bonds is 3. The van der Waals surface area contributed by atoms with Crippen LogP contribution in [0.3, 0.4) is 0 Å². The fraction of sp³-hybridized carbons (Fsp3) is 0.462. The standard InChI is InChI=1S/C13H16Cl2N2O2.ClH/c14-9-2-1-7(10(15)5-9)6-17-13(19)8-3-11(16)12(18)4-8;/h1-2,5,8,11-12,18H,3-4,6,16H2,(H,17,19);1H/t8-,11+,12+;/m0./s1. The molecule has 1 aromatic carbocycles. The van der Waals surface area contributed by atoms with E-state index in [9.17, 15) is 9.90 Å². The molecule has 0 heterocycles. The van der Waals surface area contributed by atoms with Crippen LogP contribution < -0.4 is 11.1 Å². The fourth-order valence-electron chi connectivity index (χ4n) is 2.25. The van der Waals surface area contributed by atoms with E-state index >= 15 is 0 Å². The van der Waals surface area contributed by atoms with Crippen molar-refractivity contribution in [1.82, 2.24) is 5.32 Å². The second kappa shape index (κ2) is 7.48. The predicted molar refractivity (Wildman–Crippen MR) is 82.3 cm³/mol. The molecule has 4 nitrogen and oxygen atoms in total. The number of benzene rings is 1. The van der Waals surface area contributed by atoms with Gasteiger partial charge in [0, 0.05) is 28.5 Å². The minimum absolute atomic E-state index is 0. The zero-order valence-electron chi connectivity index (χ0n) is 10.7. The number of nitrogens with one attached hydrogen (secondary N) is 1. The Morgan fingerprint density at radius 1 is 1.40 bits per heavy atom. The molecule has 1 aliphatic rings. The maximum absolute atomic E-state index is 11.9. The van der Waals surface area contributed by atoms with Gasteiger partial charge >= 0.3 is 0 Å². The summed E-state index contributed by atoms with van der Waals surface area (Å²) >= 11 is 11.8. The molecule has 0 radical (unpaired) electrons. The minimum Gasteiger partial charge on any atom is -0.391 e. The largest absolute Gasteiger partial charge is 0.391 e. The molecule has 0 aromatic heterocycles. The maximum Gasteiger partial charge on any atom is 0.223 e. The van der Waals surface area contributed by atoms with E-state index < -0.39 is 6.10 Å². The number of amides is 1. The van der Waals surface area contributed by atoms with Gasteiger partial charge in [-0.3, -0.25) is 4.79 Å². The Hall–Kier alpha value is -0.520. The first-order chi connectivity index (χ1) is 8.97. The zero-order valence-corrected chi connectivity index (χ0v) is 13.0. The third kappa shape index (κ3) is 4.24. The van der Waals surface area contributed by atoms with E-state index in [-0.39, 0.29) is 30.3 Å². The third-order valence-corrected chi connectivity index (χ3v) is 4.00. The van der Waals surface area contributed by atoms with Crippen molar-refractivity contribution < 1.29 is 9.90 Å². The Labute approximate surface area is 134 Å². The quantitative estimate of drug-likeness (QED) is 0.789. The van der Waals surface area contributed by atoms with Crippen molar-refractivity contribution in [1.29, 1.82) is 0 Å². The fourth-order valence-corrected chi connectivity index (χ4v) is 2.73. The monoisotopic (exact) mass is 338 g/mol. The molecule has 20 heavy (non-hydrogen) atoms. The SMILES string of the molecule is Cl.N[C@@H]1C[C@H](C(=O)NCc2ccc(Cl)cc2Cl)C[C@H]1O. The molecule has 0 spiro atoms. The number of hydrogen-bond donors (Lipinski definition) is 3. The summed E-state index contributed by atoms with van der Waals surface area (Å²) in [4.78, 5) is 11.9. The predicted octanol–water partition coefficient (Wildman–Crippen LogP) is 2.13. The summed E-state index contributed by atoms with van der Waals surface area (Å²) in [6.07, 6.45) is 0.345. The van der Waals surface area contributed by atoms with Gasteiger partial charge in [-0.05, 0) is 30.5 Å². The molecule has 1 aliphatic carbocycles. The van der Waals surface area contributed by atoms with E-state index in [0.29, 0.717) is 29.4 Å². The van der Waals surface area contributed by atoms with E-state index in [4.69, 9.17) is 28.9 Å². The number of aliphatic hydroxyl groups is 1. The average Bonchev–Trinajstić information content (AvgIpc) is 2.68. The number of hydrogen-bond acceptors (Lipinski definition) is 3. The van der Waals surface area contributed by atoms with E-state index in [0.717, 1.165) is 5.56 Å². The van der Waals surface area contributed by atoms with Crippen LogP contribution in [0.1, 0.15) is 18.4 Å². The minimum atomic E-state index is -0.588. The van der Waals surface area contributed by atoms with Crippen LogP contribution in [0.2, 0.25) is 10.0 Å². The van der Waals surface area contributed by atoms with Crippen molar-refractivity contribution >= 4 is 41.5 Å². The van der Waals surface area contributed by atoms with Gasteiger partial charge in [-0.15, -0.1) is 12.4 Å². The molecule has 1 amide bonds. The summed E-state index contributed by atoms with van der Waals surface area (Å²) in [6, 6.07) is 4.83. The first-order valence-electron chi connectivity index (χ1n) is 6.12. The van der Waals surface area contributed by atoms with Crippen molar-refractivity contribution in [3.8, 4) is 0 Å². The lowest BCUT2D eigenvalue weighted by molar-refractivity contribution is -0.125. The van der Waals surface area contributed by atoms with Crippen LogP contribution in [-0.2, 0) is 11.3 Å². The number of halogens is 3. The first-order valence-corrected chi connectivity index (χ1v) is 6.88. The molecule has 4 N–H and O–H groups in total. The van der Waals surface area contributed by atoms with Gasteiger partial charge in [-0.2, -0.15) is 0 Å². The summed E-state index contributed by atoms with van der Waals surface area (Å²) in [5.74, 6) is -0.325. The van der Waals surface area contributed by atoms with Crippen LogP contribution in [-0.4, -0.2) is 23.2 Å². The van der Waals surface area contributed by atoms with E-state index in [1.165, 1.54) is 0 Å². The van der Waals surface area contributed by atoms with Gasteiger partial charge in [0.1, 0.15) is 0 Å². The Morgan fingerprint density at radius 3 is 2.65 bits per heavy atom. The molecule has 0 bridgehead atoms. The maximum atomic E-state index is 11.9. The van der Waals surface area contributed by atoms with Gasteiger partial charge in [0.05, 0.1) is 6.10 Å². The summed E-state index contributed by atoms with van der Waals surface area (Å²) in [7, 11) is 0. The van der Waals surface area contributed by atoms with E-state index in [2.05, 4.69) is 5.32 Å². The normalized spacial score (nSPS) is 25.1. The lowest BCUT2D eigenvalue weighted by atomic mass is 10.1. The van der Waals surface area contributed by atoms with Gasteiger partial charge in [0.25, 0.3) is 0 Å². The number of aliphatic hydroxyl groups excluding tert-OH is 1. The molecule has 1 aromatic rings. The number of nitrogens with two attached hydrogens (primary N) is 1. The summed E-state index contributed by atoms with van der Waals surface area (Å²) in [5.41, 5.74) is 6.50. The van der Waals surface area contributed by atoms with Crippen LogP contribution in [0.5, 0.6) is 0 Å². The summed E-state index contributed by atoms with van der Waals surface area (Å²) in [6.45, 7) is 0.344.